The Labute approximate surface area is 388 Å². The van der Waals surface area contributed by atoms with E-state index in [1.54, 1.807) is 4.52 Å². The Morgan fingerprint density at radius 1 is 0.275 bits per heavy atom. The van der Waals surface area contributed by atoms with Gasteiger partial charge in [-0.15, -0.1) is 0 Å². The number of hydrogen-bond donors (Lipinski definition) is 0. The molecule has 7 nitrogen and oxygen atoms in total. The number of nitrogens with zero attached hydrogens (tertiary/aromatic N) is 2. The number of para-hydroxylation sites is 2. The molecule has 0 bridgehead atoms. The second-order valence-corrected chi connectivity index (χ2v) is 18.3. The molecular weight excluding hydrogens is 853 g/mol. The van der Waals surface area contributed by atoms with Crippen LogP contribution < -0.4 is 11.1 Å². The van der Waals surface area contributed by atoms with Crippen molar-refractivity contribution in [3.8, 4) is 33.4 Å². The van der Waals surface area contributed by atoms with E-state index in [1.165, 1.54) is 31.4 Å². The van der Waals surface area contributed by atoms with Crippen molar-refractivity contribution in [2.24, 2.45) is 0 Å². The zero-order chi connectivity index (χ0) is 45.2. The fraction of sp³-hybridized carbons (Fsp3) is 0. The molecule has 0 aliphatic heterocycles. The number of aromatic nitrogens is 2. The lowest BCUT2D eigenvalue weighted by Gasteiger charge is -2.10. The zero-order valence-electron chi connectivity index (χ0n) is 36.4. The first-order valence-corrected chi connectivity index (χ1v) is 23.1. The fourth-order valence-corrected chi connectivity index (χ4v) is 11.5. The number of fused-ring (bicyclic) bond motifs is 20. The number of hydrogen-bond acceptors (Lipinski definition) is 5. The van der Waals surface area contributed by atoms with Gasteiger partial charge in [-0.3, -0.25) is 9.59 Å². The molecule has 0 atom stereocenters. The second kappa shape index (κ2) is 13.1. The first-order chi connectivity index (χ1) is 34.0. The number of furan rings is 3. The highest BCUT2D eigenvalue weighted by atomic mass is 16.3. The molecule has 0 saturated heterocycles. The van der Waals surface area contributed by atoms with Gasteiger partial charge in [-0.05, 0) is 133 Å². The Hall–Kier alpha value is -9.46. The average molecular weight is 885 g/mol. The van der Waals surface area contributed by atoms with Crippen LogP contribution in [0.25, 0.3) is 153 Å². The highest BCUT2D eigenvalue weighted by Gasteiger charge is 2.22. The fourth-order valence-electron chi connectivity index (χ4n) is 11.5. The van der Waals surface area contributed by atoms with Crippen molar-refractivity contribution in [1.29, 1.82) is 0 Å². The van der Waals surface area contributed by atoms with E-state index in [0.29, 0.717) is 21.8 Å². The lowest BCUT2D eigenvalue weighted by atomic mass is 9.93. The van der Waals surface area contributed by atoms with Crippen LogP contribution >= 0.6 is 0 Å². The van der Waals surface area contributed by atoms with Gasteiger partial charge in [-0.2, -0.15) is 4.52 Å². The van der Waals surface area contributed by atoms with Crippen molar-refractivity contribution in [2.75, 3.05) is 0 Å². The minimum atomic E-state index is -0.357. The van der Waals surface area contributed by atoms with Crippen LogP contribution in [-0.4, -0.2) is 9.03 Å². The van der Waals surface area contributed by atoms with Crippen LogP contribution in [0.4, 0.5) is 0 Å². The van der Waals surface area contributed by atoms with Crippen LogP contribution in [0.1, 0.15) is 0 Å². The standard InChI is InChI=1S/C62H32N2O5/c65-61-45-23-19-35(37-14-8-18-57-59(37)51-28-34(22-26-56(51)68-57)33-21-25-55-49(27-33)43-13-5-6-17-54(43)67-55)29-52(45)63-53-30-36(20-24-46(53)62(66)64(61)63)38-15-7-16-44-50-31-47-41-11-3-1-9-39(41)40-10-2-4-12-42(40)48(47)32-58(50)69-60(38)44/h1-32H. The van der Waals surface area contributed by atoms with E-state index in [0.717, 1.165) is 105 Å². The summed E-state index contributed by atoms with van der Waals surface area (Å²) in [7, 11) is 0. The summed E-state index contributed by atoms with van der Waals surface area (Å²) in [5, 5.41) is 14.2. The Morgan fingerprint density at radius 3 is 1.48 bits per heavy atom. The number of benzene rings is 11. The maximum Gasteiger partial charge on any atom is 0.282 e. The zero-order valence-corrected chi connectivity index (χ0v) is 36.4. The molecule has 0 fully saturated rings. The molecule has 7 heteroatoms. The molecule has 0 saturated carbocycles. The van der Waals surface area contributed by atoms with Gasteiger partial charge in [0, 0.05) is 37.9 Å². The van der Waals surface area contributed by atoms with E-state index in [9.17, 15) is 9.59 Å². The number of rotatable bonds is 3. The molecule has 0 aliphatic carbocycles. The van der Waals surface area contributed by atoms with Gasteiger partial charge in [0.1, 0.15) is 33.5 Å². The molecule has 0 amide bonds. The second-order valence-electron chi connectivity index (χ2n) is 18.3. The summed E-state index contributed by atoms with van der Waals surface area (Å²) in [4.78, 5) is 28.4. The highest BCUT2D eigenvalue weighted by molar-refractivity contribution is 6.28. The average Bonchev–Trinajstić information content (AvgIpc) is 4.20. The van der Waals surface area contributed by atoms with Gasteiger partial charge < -0.3 is 13.3 Å². The van der Waals surface area contributed by atoms with Crippen molar-refractivity contribution in [3.05, 3.63) is 215 Å². The summed E-state index contributed by atoms with van der Waals surface area (Å²) in [5.41, 5.74) is 11.1. The lowest BCUT2D eigenvalue weighted by molar-refractivity contribution is 0.668. The summed E-state index contributed by atoms with van der Waals surface area (Å²) >= 11 is 0. The summed E-state index contributed by atoms with van der Waals surface area (Å²) < 4.78 is 22.5. The molecule has 0 aliphatic rings. The summed E-state index contributed by atoms with van der Waals surface area (Å²) in [6.07, 6.45) is 0. The van der Waals surface area contributed by atoms with Gasteiger partial charge in [0.2, 0.25) is 0 Å². The molecule has 0 unspecified atom stereocenters. The van der Waals surface area contributed by atoms with Crippen molar-refractivity contribution >= 4 is 120 Å². The van der Waals surface area contributed by atoms with E-state index in [1.807, 2.05) is 78.9 Å². The normalized spacial score (nSPS) is 12.5. The largest absolute Gasteiger partial charge is 0.456 e. The van der Waals surface area contributed by atoms with Crippen molar-refractivity contribution in [1.82, 2.24) is 9.03 Å². The van der Waals surface area contributed by atoms with Gasteiger partial charge in [-0.1, -0.05) is 121 Å². The van der Waals surface area contributed by atoms with Crippen LogP contribution in [0, 0.1) is 0 Å². The van der Waals surface area contributed by atoms with E-state index < -0.39 is 0 Å². The molecule has 5 heterocycles. The third kappa shape index (κ3) is 4.89. The Kier molecular flexibility index (Phi) is 6.98. The van der Waals surface area contributed by atoms with E-state index in [2.05, 4.69) is 115 Å². The minimum Gasteiger partial charge on any atom is -0.456 e. The van der Waals surface area contributed by atoms with Crippen LogP contribution in [0.3, 0.4) is 0 Å². The first kappa shape index (κ1) is 36.7. The van der Waals surface area contributed by atoms with E-state index in [4.69, 9.17) is 13.3 Å². The summed E-state index contributed by atoms with van der Waals surface area (Å²) in [6.45, 7) is 0. The lowest BCUT2D eigenvalue weighted by Crippen LogP contribution is -2.21. The predicted octanol–water partition coefficient (Wildman–Crippen LogP) is 15.7. The van der Waals surface area contributed by atoms with E-state index in [-0.39, 0.29) is 11.1 Å². The van der Waals surface area contributed by atoms with Gasteiger partial charge in [0.25, 0.3) is 11.1 Å². The molecule has 0 radical (unpaired) electrons. The maximum atomic E-state index is 14.2. The van der Waals surface area contributed by atoms with Crippen molar-refractivity contribution < 1.29 is 13.3 Å². The van der Waals surface area contributed by atoms with Crippen LogP contribution in [-0.2, 0) is 0 Å². The molecule has 0 spiro atoms. The SMILES string of the molecule is O=c1c2ccc(-c3cccc4c3oc3cc5c6ccccc6c6ccccc6c5cc34)cc2n2c3cc(-c4cccc5oc6ccc(-c7ccc8oc9ccccc9c8c7)cc6c45)ccc3c(=O)n12. The van der Waals surface area contributed by atoms with E-state index >= 15 is 0 Å². The molecule has 0 N–H and O–H groups in total. The molecular formula is C62H32N2O5. The molecule has 320 valence electrons. The smallest absolute Gasteiger partial charge is 0.282 e. The van der Waals surface area contributed by atoms with Gasteiger partial charge >= 0.3 is 0 Å². The van der Waals surface area contributed by atoms with Crippen LogP contribution in [0.5, 0.6) is 0 Å². The highest BCUT2D eigenvalue weighted by Crippen LogP contribution is 2.44. The molecule has 69 heavy (non-hydrogen) atoms. The molecule has 5 aromatic heterocycles. The quantitative estimate of drug-likeness (QED) is 0.165. The van der Waals surface area contributed by atoms with Gasteiger partial charge in [-0.25, -0.2) is 4.52 Å². The summed E-state index contributed by atoms with van der Waals surface area (Å²) in [6, 6.07) is 66.3. The minimum absolute atomic E-state index is 0.357. The Balaban J connectivity index is 0.869. The predicted molar refractivity (Wildman–Crippen MR) is 280 cm³/mol. The Bertz CT molecular complexity index is 5080. The van der Waals surface area contributed by atoms with Crippen molar-refractivity contribution in [2.45, 2.75) is 0 Å². The summed E-state index contributed by atoms with van der Waals surface area (Å²) in [5.74, 6) is 0. The van der Waals surface area contributed by atoms with Gasteiger partial charge in [0.15, 0.2) is 0 Å². The van der Waals surface area contributed by atoms with Crippen LogP contribution in [0.15, 0.2) is 217 Å². The monoisotopic (exact) mass is 884 g/mol. The van der Waals surface area contributed by atoms with Crippen LogP contribution in [0.2, 0.25) is 0 Å². The van der Waals surface area contributed by atoms with Gasteiger partial charge in [0.05, 0.1) is 21.8 Å². The first-order valence-electron chi connectivity index (χ1n) is 23.1. The third-order valence-corrected chi connectivity index (χ3v) is 14.7. The molecule has 16 aromatic rings. The third-order valence-electron chi connectivity index (χ3n) is 14.7. The maximum absolute atomic E-state index is 14.2. The molecule has 11 aromatic carbocycles. The Morgan fingerprint density at radius 2 is 0.768 bits per heavy atom. The molecule has 16 rings (SSSR count). The van der Waals surface area contributed by atoms with Crippen molar-refractivity contribution in [3.63, 3.8) is 0 Å². The topological polar surface area (TPSA) is 82.4 Å².